The Balaban J connectivity index is 2.31. The molecule has 0 bridgehead atoms. The molecule has 1 N–H and O–H groups in total. The fourth-order valence-electron chi connectivity index (χ4n) is 2.68. The fourth-order valence-corrected chi connectivity index (χ4v) is 2.68. The van der Waals surface area contributed by atoms with E-state index in [9.17, 15) is 9.90 Å². The molecule has 0 saturated carbocycles. The van der Waals surface area contributed by atoms with Gasteiger partial charge in [-0.15, -0.1) is 0 Å². The van der Waals surface area contributed by atoms with E-state index in [1.165, 1.54) is 7.11 Å². The predicted molar refractivity (Wildman–Crippen MR) is 56.3 cm³/mol. The molecule has 0 aliphatic carbocycles. The number of fused-ring (bicyclic) bond motifs is 1. The molecule has 1 unspecified atom stereocenters. The van der Waals surface area contributed by atoms with Crippen LogP contribution < -0.4 is 0 Å². The van der Waals surface area contributed by atoms with Gasteiger partial charge in [-0.1, -0.05) is 13.8 Å². The average Bonchev–Trinajstić information content (AvgIpc) is 2.70. The summed E-state index contributed by atoms with van der Waals surface area (Å²) in [6, 6.07) is 0. The van der Waals surface area contributed by atoms with Gasteiger partial charge in [-0.25, -0.2) is 4.79 Å². The number of methoxy groups -OCH3 is 1. The fraction of sp³-hybridized carbons (Fsp3) is 0.909. The molecule has 0 aromatic heterocycles. The lowest BCUT2D eigenvalue weighted by molar-refractivity contribution is -0.304. The molecule has 2 aliphatic rings. The smallest absolute Gasteiger partial charge is 0.424 e. The van der Waals surface area contributed by atoms with Gasteiger partial charge in [0.15, 0.2) is 18.5 Å². The third-order valence-electron chi connectivity index (χ3n) is 3.69. The molecule has 17 heavy (non-hydrogen) atoms. The third kappa shape index (κ3) is 1.80. The number of hydrogen-bond donors (Lipinski definition) is 1. The zero-order valence-corrected chi connectivity index (χ0v) is 10.2. The van der Waals surface area contributed by atoms with Crippen molar-refractivity contribution in [2.75, 3.05) is 7.11 Å². The van der Waals surface area contributed by atoms with E-state index in [0.717, 1.165) is 0 Å². The van der Waals surface area contributed by atoms with Crippen molar-refractivity contribution in [3.63, 3.8) is 0 Å². The third-order valence-corrected chi connectivity index (χ3v) is 3.69. The summed E-state index contributed by atoms with van der Waals surface area (Å²) < 4.78 is 21.0. The van der Waals surface area contributed by atoms with Crippen molar-refractivity contribution in [2.45, 2.75) is 56.9 Å². The average molecular weight is 246 g/mol. The molecule has 2 rings (SSSR count). The molecule has 0 amide bonds. The van der Waals surface area contributed by atoms with Crippen LogP contribution in [0, 0.1) is 0 Å². The number of carbonyl (C=O) groups excluding carboxylic acids is 1. The number of rotatable bonds is 3. The predicted octanol–water partition coefficient (Wildman–Crippen LogP) is 0.813. The minimum absolute atomic E-state index is 0.433. The highest BCUT2D eigenvalue weighted by Crippen LogP contribution is 2.40. The zero-order chi connectivity index (χ0) is 12.6. The van der Waals surface area contributed by atoms with Crippen LogP contribution in [-0.2, 0) is 18.9 Å². The van der Waals surface area contributed by atoms with Crippen molar-refractivity contribution in [3.05, 3.63) is 0 Å². The highest BCUT2D eigenvalue weighted by atomic mass is 16.8. The maximum atomic E-state index is 11.1. The number of ether oxygens (including phenoxy) is 4. The van der Waals surface area contributed by atoms with E-state index in [1.807, 2.05) is 13.8 Å². The Hall–Kier alpha value is -0.850. The van der Waals surface area contributed by atoms with Crippen LogP contribution in [0.1, 0.15) is 26.7 Å². The molecule has 0 radical (unpaired) electrons. The lowest BCUT2D eigenvalue weighted by Crippen LogP contribution is -2.63. The van der Waals surface area contributed by atoms with Crippen molar-refractivity contribution in [2.24, 2.45) is 0 Å². The van der Waals surface area contributed by atoms with Gasteiger partial charge in [0.1, 0.15) is 11.7 Å². The van der Waals surface area contributed by atoms with E-state index in [2.05, 4.69) is 0 Å². The Morgan fingerprint density at radius 2 is 1.88 bits per heavy atom. The van der Waals surface area contributed by atoms with Crippen LogP contribution in [0.2, 0.25) is 0 Å². The minimum Gasteiger partial charge on any atom is -0.424 e. The Kier molecular flexibility index (Phi) is 3.29. The molecule has 2 aliphatic heterocycles. The van der Waals surface area contributed by atoms with Crippen LogP contribution in [0.15, 0.2) is 0 Å². The van der Waals surface area contributed by atoms with E-state index in [1.54, 1.807) is 0 Å². The molecule has 2 saturated heterocycles. The Bertz CT molecular complexity index is 300. The summed E-state index contributed by atoms with van der Waals surface area (Å²) in [7, 11) is 1.54. The first-order chi connectivity index (χ1) is 8.07. The molecule has 4 atom stereocenters. The molecule has 6 nitrogen and oxygen atoms in total. The lowest BCUT2D eigenvalue weighted by Gasteiger charge is -2.47. The van der Waals surface area contributed by atoms with Gasteiger partial charge in [-0.2, -0.15) is 0 Å². The number of aliphatic hydroxyl groups is 1. The summed E-state index contributed by atoms with van der Waals surface area (Å²) in [5.74, 6) is 0. The highest BCUT2D eigenvalue weighted by molar-refractivity contribution is 5.63. The largest absolute Gasteiger partial charge is 0.509 e. The normalized spacial score (nSPS) is 39.4. The van der Waals surface area contributed by atoms with Gasteiger partial charge in [0.2, 0.25) is 0 Å². The van der Waals surface area contributed by atoms with Gasteiger partial charge in [0.05, 0.1) is 0 Å². The van der Waals surface area contributed by atoms with Gasteiger partial charge >= 0.3 is 6.16 Å². The number of aliphatic hydroxyl groups excluding tert-OH is 1. The first-order valence-electron chi connectivity index (χ1n) is 5.84. The number of hydrogen-bond acceptors (Lipinski definition) is 6. The van der Waals surface area contributed by atoms with Crippen LogP contribution in [0.5, 0.6) is 0 Å². The lowest BCUT2D eigenvalue weighted by atomic mass is 9.82. The molecule has 0 aromatic rings. The molecular weight excluding hydrogens is 228 g/mol. The SMILES string of the molecule is CCC1(CC)OC(O)[C@@H]2OC(=O)O[C@@H]2[C@H]1OC. The van der Waals surface area contributed by atoms with Crippen molar-refractivity contribution in [1.29, 1.82) is 0 Å². The monoisotopic (exact) mass is 246 g/mol. The first-order valence-corrected chi connectivity index (χ1v) is 5.84. The van der Waals surface area contributed by atoms with Gasteiger partial charge in [0.25, 0.3) is 0 Å². The van der Waals surface area contributed by atoms with E-state index in [0.29, 0.717) is 12.8 Å². The van der Waals surface area contributed by atoms with Crippen molar-refractivity contribution < 1.29 is 28.8 Å². The Labute approximate surface area is 99.8 Å². The van der Waals surface area contributed by atoms with Gasteiger partial charge in [0, 0.05) is 7.11 Å². The molecule has 6 heteroatoms. The molecule has 2 heterocycles. The van der Waals surface area contributed by atoms with Crippen molar-refractivity contribution in [3.8, 4) is 0 Å². The Morgan fingerprint density at radius 3 is 2.41 bits per heavy atom. The second-order valence-electron chi connectivity index (χ2n) is 4.35. The van der Waals surface area contributed by atoms with E-state index >= 15 is 0 Å². The summed E-state index contributed by atoms with van der Waals surface area (Å²) >= 11 is 0. The maximum Gasteiger partial charge on any atom is 0.509 e. The van der Waals surface area contributed by atoms with E-state index < -0.39 is 36.4 Å². The van der Waals surface area contributed by atoms with Crippen molar-refractivity contribution >= 4 is 6.16 Å². The van der Waals surface area contributed by atoms with Gasteiger partial charge < -0.3 is 24.1 Å². The summed E-state index contributed by atoms with van der Waals surface area (Å²) in [6.45, 7) is 3.89. The second kappa shape index (κ2) is 4.44. The summed E-state index contributed by atoms with van der Waals surface area (Å²) in [4.78, 5) is 11.1. The van der Waals surface area contributed by atoms with Crippen LogP contribution in [0.4, 0.5) is 4.79 Å². The maximum absolute atomic E-state index is 11.1. The Morgan fingerprint density at radius 1 is 1.29 bits per heavy atom. The molecule has 2 fully saturated rings. The van der Waals surface area contributed by atoms with Crippen LogP contribution in [0.3, 0.4) is 0 Å². The summed E-state index contributed by atoms with van der Waals surface area (Å²) in [5.41, 5.74) is -0.649. The standard InChI is InChI=1S/C11H18O6/c1-4-11(5-2)8(14-3)6-7(9(12)17-11)16-10(13)15-6/h6-9,12H,4-5H2,1-3H3/t6-,7+,8+,9?/m0/s1. The molecule has 0 spiro atoms. The summed E-state index contributed by atoms with van der Waals surface area (Å²) in [6.07, 6.45) is -2.50. The van der Waals surface area contributed by atoms with Crippen LogP contribution in [-0.4, -0.2) is 48.6 Å². The highest BCUT2D eigenvalue weighted by Gasteiger charge is 2.59. The topological polar surface area (TPSA) is 74.2 Å². The quantitative estimate of drug-likeness (QED) is 0.743. The molecule has 98 valence electrons. The van der Waals surface area contributed by atoms with Crippen LogP contribution >= 0.6 is 0 Å². The van der Waals surface area contributed by atoms with Crippen molar-refractivity contribution in [1.82, 2.24) is 0 Å². The van der Waals surface area contributed by atoms with Crippen LogP contribution in [0.25, 0.3) is 0 Å². The van der Waals surface area contributed by atoms with E-state index in [-0.39, 0.29) is 0 Å². The van der Waals surface area contributed by atoms with E-state index in [4.69, 9.17) is 18.9 Å². The first kappa shape index (κ1) is 12.6. The van der Waals surface area contributed by atoms with Gasteiger partial charge in [-0.3, -0.25) is 0 Å². The minimum atomic E-state index is -1.17. The second-order valence-corrected chi connectivity index (χ2v) is 4.35. The molecular formula is C11H18O6. The number of carbonyl (C=O) groups is 1. The van der Waals surface area contributed by atoms with Gasteiger partial charge in [-0.05, 0) is 12.8 Å². The summed E-state index contributed by atoms with van der Waals surface area (Å²) in [5, 5.41) is 9.87. The molecule has 0 aromatic carbocycles. The zero-order valence-electron chi connectivity index (χ0n) is 10.2.